The van der Waals surface area contributed by atoms with Crippen molar-refractivity contribution in [2.75, 3.05) is 13.2 Å². The van der Waals surface area contributed by atoms with Crippen molar-refractivity contribution in [3.05, 3.63) is 0 Å². The Labute approximate surface area is 72.6 Å². The highest BCUT2D eigenvalue weighted by Crippen LogP contribution is 1.92. The Morgan fingerprint density at radius 1 is 1.42 bits per heavy atom. The molecule has 0 saturated carbocycles. The van der Waals surface area contributed by atoms with Gasteiger partial charge in [-0.05, 0) is 32.7 Å². The summed E-state index contributed by atoms with van der Waals surface area (Å²) in [4.78, 5) is 10.3. The molecule has 0 aliphatic carbocycles. The fraction of sp³-hybridized carbons (Fsp3) is 0.875. The molecule has 72 valence electrons. The summed E-state index contributed by atoms with van der Waals surface area (Å²) in [6.45, 7) is 2.54. The zero-order valence-corrected chi connectivity index (χ0v) is 7.42. The third-order valence-electron chi connectivity index (χ3n) is 1.66. The highest BCUT2D eigenvalue weighted by atomic mass is 16.4. The van der Waals surface area contributed by atoms with Gasteiger partial charge in [-0.2, -0.15) is 0 Å². The Hall–Kier alpha value is -0.610. The number of nitrogens with one attached hydrogen (secondary N) is 1. The molecule has 0 saturated heterocycles. The molecule has 0 aromatic rings. The molecule has 0 spiro atoms. The fourth-order valence-corrected chi connectivity index (χ4v) is 0.819. The fourth-order valence-electron chi connectivity index (χ4n) is 0.819. The van der Waals surface area contributed by atoms with Gasteiger partial charge in [-0.1, -0.05) is 0 Å². The van der Waals surface area contributed by atoms with E-state index in [9.17, 15) is 4.79 Å². The normalized spacial score (nSPS) is 12.8. The Balaban J connectivity index is 3.14. The predicted molar refractivity (Wildman–Crippen MR) is 46.0 cm³/mol. The van der Waals surface area contributed by atoms with Gasteiger partial charge in [-0.3, -0.25) is 4.79 Å². The maximum atomic E-state index is 10.3. The topological polar surface area (TPSA) is 69.6 Å². The van der Waals surface area contributed by atoms with Crippen LogP contribution in [0.25, 0.3) is 0 Å². The molecule has 0 fully saturated rings. The second-order valence-electron chi connectivity index (χ2n) is 2.80. The van der Waals surface area contributed by atoms with Gasteiger partial charge in [0.25, 0.3) is 0 Å². The van der Waals surface area contributed by atoms with E-state index in [2.05, 4.69) is 5.32 Å². The van der Waals surface area contributed by atoms with Crippen molar-refractivity contribution in [3.8, 4) is 0 Å². The molecule has 3 N–H and O–H groups in total. The quantitative estimate of drug-likeness (QED) is 0.484. The van der Waals surface area contributed by atoms with Crippen LogP contribution < -0.4 is 5.32 Å². The van der Waals surface area contributed by atoms with E-state index < -0.39 is 12.0 Å². The molecule has 0 unspecified atom stereocenters. The number of hydrogen-bond acceptors (Lipinski definition) is 3. The van der Waals surface area contributed by atoms with Crippen molar-refractivity contribution in [1.29, 1.82) is 0 Å². The molecular formula is C8H17NO3. The summed E-state index contributed by atoms with van der Waals surface area (Å²) >= 11 is 0. The van der Waals surface area contributed by atoms with E-state index in [1.807, 2.05) is 0 Å². The molecular weight excluding hydrogens is 158 g/mol. The first-order valence-electron chi connectivity index (χ1n) is 4.25. The van der Waals surface area contributed by atoms with Gasteiger partial charge in [0.1, 0.15) is 6.04 Å². The van der Waals surface area contributed by atoms with Gasteiger partial charge in [0.05, 0.1) is 0 Å². The maximum Gasteiger partial charge on any atom is 0.320 e. The molecule has 0 aromatic heterocycles. The minimum atomic E-state index is -0.822. The molecule has 0 bridgehead atoms. The number of aliphatic hydroxyl groups excluding tert-OH is 1. The molecule has 1 atom stereocenters. The number of carboxylic acids is 1. The van der Waals surface area contributed by atoms with Crippen LogP contribution in [-0.4, -0.2) is 35.4 Å². The second-order valence-corrected chi connectivity index (χ2v) is 2.80. The van der Waals surface area contributed by atoms with Crippen molar-refractivity contribution >= 4 is 5.97 Å². The molecule has 0 radical (unpaired) electrons. The zero-order valence-electron chi connectivity index (χ0n) is 7.42. The number of unbranched alkanes of at least 4 members (excludes halogenated alkanes) is 2. The Morgan fingerprint density at radius 3 is 2.58 bits per heavy atom. The smallest absolute Gasteiger partial charge is 0.320 e. The van der Waals surface area contributed by atoms with Crippen LogP contribution in [-0.2, 0) is 4.79 Å². The lowest BCUT2D eigenvalue weighted by atomic mass is 10.2. The summed E-state index contributed by atoms with van der Waals surface area (Å²) in [6.07, 6.45) is 2.65. The average Bonchev–Trinajstić information content (AvgIpc) is 2.03. The van der Waals surface area contributed by atoms with E-state index in [1.165, 1.54) is 0 Å². The summed E-state index contributed by atoms with van der Waals surface area (Å²) in [7, 11) is 0. The molecule has 4 nitrogen and oxygen atoms in total. The SMILES string of the molecule is C[C@@H](NCCCCCO)C(=O)O. The Bertz CT molecular complexity index is 127. The van der Waals surface area contributed by atoms with Crippen LogP contribution in [0, 0.1) is 0 Å². The summed E-state index contributed by atoms with van der Waals surface area (Å²) in [5.41, 5.74) is 0. The van der Waals surface area contributed by atoms with Crippen LogP contribution in [0.1, 0.15) is 26.2 Å². The van der Waals surface area contributed by atoms with Gasteiger partial charge < -0.3 is 15.5 Å². The summed E-state index contributed by atoms with van der Waals surface area (Å²) in [6, 6.07) is -0.473. The Kier molecular flexibility index (Phi) is 6.70. The highest BCUT2D eigenvalue weighted by Gasteiger charge is 2.07. The van der Waals surface area contributed by atoms with Gasteiger partial charge in [0.2, 0.25) is 0 Å². The molecule has 12 heavy (non-hydrogen) atoms. The number of aliphatic hydroxyl groups is 1. The number of hydrogen-bond donors (Lipinski definition) is 3. The van der Waals surface area contributed by atoms with Crippen LogP contribution in [0.3, 0.4) is 0 Å². The maximum absolute atomic E-state index is 10.3. The second kappa shape index (κ2) is 7.06. The first kappa shape index (κ1) is 11.4. The number of carboxylic acid groups (broad SMARTS) is 1. The zero-order chi connectivity index (χ0) is 9.40. The monoisotopic (exact) mass is 175 g/mol. The van der Waals surface area contributed by atoms with Crippen LogP contribution in [0.4, 0.5) is 0 Å². The molecule has 0 amide bonds. The highest BCUT2D eigenvalue weighted by molar-refractivity contribution is 5.72. The average molecular weight is 175 g/mol. The van der Waals surface area contributed by atoms with Crippen molar-refractivity contribution < 1.29 is 15.0 Å². The van der Waals surface area contributed by atoms with Crippen LogP contribution in [0.5, 0.6) is 0 Å². The molecule has 0 aliphatic rings. The van der Waals surface area contributed by atoms with E-state index in [4.69, 9.17) is 10.2 Å². The van der Waals surface area contributed by atoms with Crippen molar-refractivity contribution in [2.24, 2.45) is 0 Å². The number of rotatable bonds is 7. The lowest BCUT2D eigenvalue weighted by Crippen LogP contribution is -2.34. The number of carbonyl (C=O) groups is 1. The lowest BCUT2D eigenvalue weighted by Gasteiger charge is -2.07. The molecule has 0 rings (SSSR count). The third kappa shape index (κ3) is 6.12. The van der Waals surface area contributed by atoms with E-state index in [0.29, 0.717) is 6.54 Å². The molecule has 0 heterocycles. The van der Waals surface area contributed by atoms with Crippen molar-refractivity contribution in [3.63, 3.8) is 0 Å². The van der Waals surface area contributed by atoms with Gasteiger partial charge in [-0.15, -0.1) is 0 Å². The van der Waals surface area contributed by atoms with Gasteiger partial charge in [-0.25, -0.2) is 0 Å². The van der Waals surface area contributed by atoms with Crippen LogP contribution in [0.2, 0.25) is 0 Å². The third-order valence-corrected chi connectivity index (χ3v) is 1.66. The van der Waals surface area contributed by atoms with Gasteiger partial charge >= 0.3 is 5.97 Å². The lowest BCUT2D eigenvalue weighted by molar-refractivity contribution is -0.138. The molecule has 0 aromatic carbocycles. The van der Waals surface area contributed by atoms with Gasteiger partial charge in [0, 0.05) is 6.61 Å². The first-order valence-corrected chi connectivity index (χ1v) is 4.25. The molecule has 4 heteroatoms. The van der Waals surface area contributed by atoms with E-state index in [0.717, 1.165) is 19.3 Å². The van der Waals surface area contributed by atoms with E-state index in [-0.39, 0.29) is 6.61 Å². The van der Waals surface area contributed by atoms with Crippen LogP contribution in [0.15, 0.2) is 0 Å². The van der Waals surface area contributed by atoms with E-state index >= 15 is 0 Å². The van der Waals surface area contributed by atoms with E-state index in [1.54, 1.807) is 6.92 Å². The Morgan fingerprint density at radius 2 is 2.08 bits per heavy atom. The van der Waals surface area contributed by atoms with Crippen LogP contribution >= 0.6 is 0 Å². The molecule has 0 aliphatic heterocycles. The minimum Gasteiger partial charge on any atom is -0.480 e. The van der Waals surface area contributed by atoms with Gasteiger partial charge in [0.15, 0.2) is 0 Å². The summed E-state index contributed by atoms with van der Waals surface area (Å²) in [5.74, 6) is -0.822. The minimum absolute atomic E-state index is 0.217. The predicted octanol–water partition coefficient (Wildman–Crippen LogP) is 0.212. The summed E-state index contributed by atoms with van der Waals surface area (Å²) in [5, 5.41) is 19.8. The van der Waals surface area contributed by atoms with Crippen molar-refractivity contribution in [2.45, 2.75) is 32.2 Å². The largest absolute Gasteiger partial charge is 0.480 e. The van der Waals surface area contributed by atoms with Crippen molar-refractivity contribution in [1.82, 2.24) is 5.32 Å². The number of aliphatic carboxylic acids is 1. The standard InChI is InChI=1S/C8H17NO3/c1-7(8(11)12)9-5-3-2-4-6-10/h7,9-10H,2-6H2,1H3,(H,11,12)/t7-/m1/s1. The summed E-state index contributed by atoms with van der Waals surface area (Å²) < 4.78 is 0. The first-order chi connectivity index (χ1) is 5.68.